The van der Waals surface area contributed by atoms with Crippen molar-refractivity contribution in [2.75, 3.05) is 13.1 Å². The van der Waals surface area contributed by atoms with Crippen molar-refractivity contribution in [3.05, 3.63) is 0 Å². The molecule has 0 rings (SSSR count). The van der Waals surface area contributed by atoms with Crippen LogP contribution in [-0.2, 0) is 4.79 Å². The highest BCUT2D eigenvalue weighted by Crippen LogP contribution is 1.97. The van der Waals surface area contributed by atoms with Crippen molar-refractivity contribution in [1.29, 1.82) is 0 Å². The summed E-state index contributed by atoms with van der Waals surface area (Å²) in [4.78, 5) is 10.8. The Morgan fingerprint density at radius 3 is 2.60 bits per heavy atom. The number of nitrogens with two attached hydrogens (primary N) is 1. The molecule has 0 aliphatic heterocycles. The van der Waals surface area contributed by atoms with Crippen LogP contribution in [0.15, 0.2) is 0 Å². The zero-order valence-corrected chi connectivity index (χ0v) is 6.63. The van der Waals surface area contributed by atoms with Gasteiger partial charge < -0.3 is 5.73 Å². The van der Waals surface area contributed by atoms with Crippen molar-refractivity contribution < 1.29 is 4.79 Å². The summed E-state index contributed by atoms with van der Waals surface area (Å²) in [5, 5.41) is 3.72. The molecule has 0 aliphatic rings. The fourth-order valence-electron chi connectivity index (χ4n) is 0.603. The number of carbonyl (C=O) groups is 1. The maximum Gasteiger partial charge on any atom is 0.241 e. The lowest BCUT2D eigenvalue weighted by Gasteiger charge is -2.01. The fourth-order valence-corrected chi connectivity index (χ4v) is 0.603. The van der Waals surface area contributed by atoms with Gasteiger partial charge in [0.1, 0.15) is 0 Å². The number of hydrogen-bond donors (Lipinski definition) is 1. The van der Waals surface area contributed by atoms with Gasteiger partial charge in [0, 0.05) is 13.0 Å². The van der Waals surface area contributed by atoms with Crippen LogP contribution in [-0.4, -0.2) is 19.0 Å². The molecule has 0 aromatic carbocycles. The Balaban J connectivity index is 3.26. The molecule has 1 radical (unpaired) electrons. The highest BCUT2D eigenvalue weighted by Gasteiger charge is 2.03. The first-order valence-corrected chi connectivity index (χ1v) is 3.57. The third-order valence-electron chi connectivity index (χ3n) is 1.00. The van der Waals surface area contributed by atoms with Crippen molar-refractivity contribution in [1.82, 2.24) is 5.32 Å². The molecule has 0 aromatic rings. The van der Waals surface area contributed by atoms with Crippen molar-refractivity contribution in [2.24, 2.45) is 11.7 Å². The van der Waals surface area contributed by atoms with Crippen LogP contribution in [0, 0.1) is 5.92 Å². The minimum absolute atomic E-state index is 0.0274. The van der Waals surface area contributed by atoms with E-state index in [0.717, 1.165) is 0 Å². The molecule has 0 aromatic heterocycles. The molecule has 10 heavy (non-hydrogen) atoms. The highest BCUT2D eigenvalue weighted by molar-refractivity contribution is 5.75. The molecule has 0 saturated carbocycles. The second-order valence-electron chi connectivity index (χ2n) is 2.66. The molecule has 0 saturated heterocycles. The average Bonchev–Trinajstić information content (AvgIpc) is 1.82. The van der Waals surface area contributed by atoms with Crippen molar-refractivity contribution in [2.45, 2.75) is 20.3 Å². The highest BCUT2D eigenvalue weighted by atomic mass is 16.1. The Bertz CT molecular complexity index is 102. The molecular formula is C7H15N2O. The Labute approximate surface area is 62.0 Å². The van der Waals surface area contributed by atoms with Crippen molar-refractivity contribution in [3.63, 3.8) is 0 Å². The minimum Gasteiger partial charge on any atom is -0.329 e. The molecule has 0 atom stereocenters. The van der Waals surface area contributed by atoms with Crippen LogP contribution in [0.1, 0.15) is 20.3 Å². The van der Waals surface area contributed by atoms with Crippen molar-refractivity contribution >= 4 is 5.91 Å². The maximum absolute atomic E-state index is 10.8. The lowest BCUT2D eigenvalue weighted by molar-refractivity contribution is -0.122. The number of rotatable bonds is 4. The summed E-state index contributed by atoms with van der Waals surface area (Å²) >= 11 is 0. The Morgan fingerprint density at radius 2 is 2.20 bits per heavy atom. The van der Waals surface area contributed by atoms with E-state index < -0.39 is 0 Å². The molecule has 0 spiro atoms. The van der Waals surface area contributed by atoms with E-state index in [1.54, 1.807) is 0 Å². The van der Waals surface area contributed by atoms with Gasteiger partial charge in [-0.3, -0.25) is 10.1 Å². The zero-order valence-electron chi connectivity index (χ0n) is 6.63. The number of carbonyl (C=O) groups excluding carboxylic acids is 1. The second kappa shape index (κ2) is 5.23. The van der Waals surface area contributed by atoms with Crippen LogP contribution in [0.25, 0.3) is 0 Å². The Morgan fingerprint density at radius 1 is 1.60 bits per heavy atom. The van der Waals surface area contributed by atoms with Gasteiger partial charge in [0.05, 0.1) is 6.54 Å². The largest absolute Gasteiger partial charge is 0.329 e. The van der Waals surface area contributed by atoms with E-state index >= 15 is 0 Å². The third kappa shape index (κ3) is 5.56. The fraction of sp³-hybridized carbons (Fsp3) is 0.857. The molecule has 3 nitrogen and oxygen atoms in total. The molecule has 0 heterocycles. The van der Waals surface area contributed by atoms with E-state index in [9.17, 15) is 4.79 Å². The van der Waals surface area contributed by atoms with Gasteiger partial charge in [-0.05, 0) is 5.92 Å². The molecule has 3 heteroatoms. The number of hydrogen-bond acceptors (Lipinski definition) is 2. The van der Waals surface area contributed by atoms with E-state index in [4.69, 9.17) is 5.73 Å². The topological polar surface area (TPSA) is 57.2 Å². The molecule has 0 fully saturated rings. The number of nitrogens with zero attached hydrogens (tertiary/aromatic N) is 1. The first-order valence-electron chi connectivity index (χ1n) is 3.57. The minimum atomic E-state index is -0.0274. The van der Waals surface area contributed by atoms with Gasteiger partial charge >= 0.3 is 0 Å². The van der Waals surface area contributed by atoms with Crippen LogP contribution in [0.2, 0.25) is 0 Å². The Kier molecular flexibility index (Phi) is 4.94. The first kappa shape index (κ1) is 9.43. The smallest absolute Gasteiger partial charge is 0.241 e. The lowest BCUT2D eigenvalue weighted by atomic mass is 10.1. The molecule has 1 amide bonds. The summed E-state index contributed by atoms with van der Waals surface area (Å²) in [5.74, 6) is 0.370. The van der Waals surface area contributed by atoms with Crippen LogP contribution in [0.5, 0.6) is 0 Å². The predicted molar refractivity (Wildman–Crippen MR) is 40.5 cm³/mol. The van der Waals surface area contributed by atoms with Gasteiger partial charge in [-0.1, -0.05) is 13.8 Å². The van der Waals surface area contributed by atoms with Crippen LogP contribution >= 0.6 is 0 Å². The van der Waals surface area contributed by atoms with Crippen LogP contribution in [0.4, 0.5) is 0 Å². The van der Waals surface area contributed by atoms with E-state index in [0.29, 0.717) is 25.4 Å². The van der Waals surface area contributed by atoms with Gasteiger partial charge in [-0.2, -0.15) is 0 Å². The predicted octanol–water partition coefficient (Wildman–Crippen LogP) is 0.122. The molecule has 59 valence electrons. The summed E-state index contributed by atoms with van der Waals surface area (Å²) in [6, 6.07) is 0. The van der Waals surface area contributed by atoms with Gasteiger partial charge in [-0.15, -0.1) is 0 Å². The van der Waals surface area contributed by atoms with Crippen molar-refractivity contribution in [3.8, 4) is 0 Å². The molecule has 0 unspecified atom stereocenters. The SMILES string of the molecule is CC(C)CC(=O)[N]CCN. The van der Waals surface area contributed by atoms with Crippen LogP contribution in [0.3, 0.4) is 0 Å². The third-order valence-corrected chi connectivity index (χ3v) is 1.00. The molecule has 0 bridgehead atoms. The summed E-state index contributed by atoms with van der Waals surface area (Å²) in [6.45, 7) is 4.92. The monoisotopic (exact) mass is 143 g/mol. The van der Waals surface area contributed by atoms with E-state index in [1.807, 2.05) is 13.8 Å². The van der Waals surface area contributed by atoms with Gasteiger partial charge in [0.15, 0.2) is 0 Å². The van der Waals surface area contributed by atoms with Crippen LogP contribution < -0.4 is 11.1 Å². The van der Waals surface area contributed by atoms with Gasteiger partial charge in [0.25, 0.3) is 0 Å². The Hall–Kier alpha value is -0.570. The van der Waals surface area contributed by atoms with E-state index in [2.05, 4.69) is 5.32 Å². The maximum atomic E-state index is 10.8. The summed E-state index contributed by atoms with van der Waals surface area (Å²) in [6.07, 6.45) is 0.542. The molecule has 0 aliphatic carbocycles. The normalized spacial score (nSPS) is 10.0. The summed E-state index contributed by atoms with van der Waals surface area (Å²) < 4.78 is 0. The summed E-state index contributed by atoms with van der Waals surface area (Å²) in [5.41, 5.74) is 5.16. The van der Waals surface area contributed by atoms with Gasteiger partial charge in [-0.25, -0.2) is 0 Å². The van der Waals surface area contributed by atoms with Gasteiger partial charge in [0.2, 0.25) is 5.91 Å². The second-order valence-corrected chi connectivity index (χ2v) is 2.66. The molecular weight excluding hydrogens is 128 g/mol. The first-order chi connectivity index (χ1) is 4.66. The zero-order chi connectivity index (χ0) is 7.98. The van der Waals surface area contributed by atoms with E-state index in [-0.39, 0.29) is 5.91 Å². The number of amides is 1. The standard InChI is InChI=1S/C7H15N2O/c1-6(2)5-7(10)9-4-3-8/h6H,3-5,8H2,1-2H3. The molecule has 2 N–H and O–H groups in total. The van der Waals surface area contributed by atoms with E-state index in [1.165, 1.54) is 0 Å². The average molecular weight is 143 g/mol. The quantitative estimate of drug-likeness (QED) is 0.607. The lowest BCUT2D eigenvalue weighted by Crippen LogP contribution is -2.23. The summed E-state index contributed by atoms with van der Waals surface area (Å²) in [7, 11) is 0.